The van der Waals surface area contributed by atoms with E-state index in [1.807, 2.05) is 0 Å². The Balaban J connectivity index is 1.97. The largest absolute Gasteiger partial charge is 0.416 e. The number of nitrogens with zero attached hydrogens (tertiary/aromatic N) is 3. The molecule has 3 heterocycles. The third-order valence-electron chi connectivity index (χ3n) is 4.09. The summed E-state index contributed by atoms with van der Waals surface area (Å²) in [4.78, 5) is 9.94. The molecule has 1 aliphatic rings. The minimum Gasteiger partial charge on any atom is -0.370 e. The van der Waals surface area contributed by atoms with E-state index in [9.17, 15) is 18.3 Å². The van der Waals surface area contributed by atoms with Gasteiger partial charge >= 0.3 is 6.18 Å². The molecular weight excluding hydrogens is 367 g/mol. The molecule has 0 saturated carbocycles. The van der Waals surface area contributed by atoms with Crippen LogP contribution in [-0.2, 0) is 6.18 Å². The second-order valence-electron chi connectivity index (χ2n) is 5.75. The zero-order valence-corrected chi connectivity index (χ0v) is 13.8. The van der Waals surface area contributed by atoms with Crippen molar-refractivity contribution in [3.8, 4) is 0 Å². The highest BCUT2D eigenvalue weighted by Gasteiger charge is 2.32. The van der Waals surface area contributed by atoms with Crippen LogP contribution in [0.1, 0.15) is 11.1 Å². The van der Waals surface area contributed by atoms with Gasteiger partial charge in [0.2, 0.25) is 0 Å². The smallest absolute Gasteiger partial charge is 0.370 e. The van der Waals surface area contributed by atoms with Crippen LogP contribution in [0.5, 0.6) is 0 Å². The molecule has 3 aromatic rings. The molecule has 0 spiro atoms. The summed E-state index contributed by atoms with van der Waals surface area (Å²) in [6.07, 6.45) is -0.940. The summed E-state index contributed by atoms with van der Waals surface area (Å²) >= 11 is 5.99. The van der Waals surface area contributed by atoms with Gasteiger partial charge in [0.1, 0.15) is 10.7 Å². The van der Waals surface area contributed by atoms with E-state index in [2.05, 4.69) is 9.97 Å². The zero-order chi connectivity index (χ0) is 18.5. The third-order valence-corrected chi connectivity index (χ3v) is 4.30. The van der Waals surface area contributed by atoms with Gasteiger partial charge in [-0.15, -0.1) is 0 Å². The van der Waals surface area contributed by atoms with E-state index in [-0.39, 0.29) is 10.8 Å². The van der Waals surface area contributed by atoms with Crippen LogP contribution in [0.25, 0.3) is 17.1 Å². The predicted octanol–water partition coefficient (Wildman–Crippen LogP) is 4.79. The van der Waals surface area contributed by atoms with Crippen LogP contribution in [0.3, 0.4) is 0 Å². The van der Waals surface area contributed by atoms with Crippen molar-refractivity contribution in [2.75, 3.05) is 4.90 Å². The molecule has 0 aliphatic carbocycles. The first-order chi connectivity index (χ1) is 12.3. The van der Waals surface area contributed by atoms with Gasteiger partial charge in [-0.2, -0.15) is 13.2 Å². The molecule has 4 rings (SSSR count). The summed E-state index contributed by atoms with van der Waals surface area (Å²) in [5, 5.41) is 10.7. The molecule has 2 aromatic heterocycles. The van der Waals surface area contributed by atoms with Gasteiger partial charge in [-0.05, 0) is 36.4 Å². The molecule has 0 fully saturated rings. The number of aliphatic hydroxyl groups excluding tert-OH is 1. The van der Waals surface area contributed by atoms with Crippen molar-refractivity contribution in [1.29, 1.82) is 0 Å². The Morgan fingerprint density at radius 1 is 1.15 bits per heavy atom. The van der Waals surface area contributed by atoms with Gasteiger partial charge in [0, 0.05) is 17.4 Å². The summed E-state index contributed by atoms with van der Waals surface area (Å²) in [6, 6.07) is 8.01. The highest BCUT2D eigenvalue weighted by molar-refractivity contribution is 6.29. The second kappa shape index (κ2) is 5.96. The van der Waals surface area contributed by atoms with Crippen molar-refractivity contribution in [2.45, 2.75) is 12.4 Å². The van der Waals surface area contributed by atoms with Gasteiger partial charge in [0.05, 0.1) is 16.8 Å². The lowest BCUT2D eigenvalue weighted by Crippen LogP contribution is -2.32. The van der Waals surface area contributed by atoms with E-state index in [0.717, 1.165) is 12.1 Å². The Morgan fingerprint density at radius 3 is 2.73 bits per heavy atom. The SMILES string of the molecule is OC1C=Cc2cnc3ccc(Cl)nc3c2N1c1cccc(C(F)(F)F)c1. The maximum absolute atomic E-state index is 13.1. The first kappa shape index (κ1) is 16.8. The maximum atomic E-state index is 13.1. The first-order valence-electron chi connectivity index (χ1n) is 7.62. The van der Waals surface area contributed by atoms with Crippen molar-refractivity contribution in [3.63, 3.8) is 0 Å². The molecule has 1 aliphatic heterocycles. The highest BCUT2D eigenvalue weighted by atomic mass is 35.5. The summed E-state index contributed by atoms with van der Waals surface area (Å²) in [6.45, 7) is 0. The predicted molar refractivity (Wildman–Crippen MR) is 93.2 cm³/mol. The number of fused-ring (bicyclic) bond motifs is 3. The molecule has 0 radical (unpaired) electrons. The number of benzene rings is 1. The number of halogens is 4. The van der Waals surface area contributed by atoms with Crippen molar-refractivity contribution in [1.82, 2.24) is 9.97 Å². The third kappa shape index (κ3) is 2.79. The molecule has 26 heavy (non-hydrogen) atoms. The zero-order valence-electron chi connectivity index (χ0n) is 13.1. The van der Waals surface area contributed by atoms with Crippen LogP contribution in [-0.4, -0.2) is 21.3 Å². The topological polar surface area (TPSA) is 49.3 Å². The van der Waals surface area contributed by atoms with Crippen molar-refractivity contribution < 1.29 is 18.3 Å². The number of aromatic nitrogens is 2. The fourth-order valence-corrected chi connectivity index (χ4v) is 3.09. The minimum atomic E-state index is -4.49. The molecule has 1 aromatic carbocycles. The maximum Gasteiger partial charge on any atom is 0.416 e. The number of pyridine rings is 2. The summed E-state index contributed by atoms with van der Waals surface area (Å²) in [7, 11) is 0. The Hall–Kier alpha value is -2.64. The molecule has 0 bridgehead atoms. The molecular formula is C18H11ClF3N3O. The number of hydrogen-bond acceptors (Lipinski definition) is 4. The van der Waals surface area contributed by atoms with Crippen LogP contribution in [0.2, 0.25) is 5.15 Å². The standard InChI is InChI=1S/C18H11ClF3N3O/c19-14-6-5-13-16(24-14)17-10(9-23-13)4-7-15(26)25(17)12-3-1-2-11(8-12)18(20,21)22/h1-9,15,26H. The van der Waals surface area contributed by atoms with E-state index in [1.165, 1.54) is 23.1 Å². The van der Waals surface area contributed by atoms with Gasteiger partial charge in [-0.1, -0.05) is 23.7 Å². The first-order valence-corrected chi connectivity index (χ1v) is 8.00. The van der Waals surface area contributed by atoms with Gasteiger partial charge in [-0.25, -0.2) is 4.98 Å². The number of hydrogen-bond donors (Lipinski definition) is 1. The van der Waals surface area contributed by atoms with E-state index >= 15 is 0 Å². The Labute approximate surface area is 151 Å². The van der Waals surface area contributed by atoms with E-state index < -0.39 is 18.0 Å². The van der Waals surface area contributed by atoms with Crippen molar-refractivity contribution in [2.24, 2.45) is 0 Å². The van der Waals surface area contributed by atoms with Gasteiger partial charge < -0.3 is 10.0 Å². The molecule has 0 saturated heterocycles. The van der Waals surface area contributed by atoms with Gasteiger partial charge in [0.15, 0.2) is 6.23 Å². The summed E-state index contributed by atoms with van der Waals surface area (Å²) in [5.41, 5.74) is 1.38. The highest BCUT2D eigenvalue weighted by Crippen LogP contribution is 2.40. The van der Waals surface area contributed by atoms with E-state index in [1.54, 1.807) is 24.4 Å². The molecule has 8 heteroatoms. The lowest BCUT2D eigenvalue weighted by Gasteiger charge is -2.33. The lowest BCUT2D eigenvalue weighted by molar-refractivity contribution is -0.137. The Bertz CT molecular complexity index is 1040. The number of aliphatic hydroxyl groups is 1. The van der Waals surface area contributed by atoms with Crippen LogP contribution in [0.15, 0.2) is 48.7 Å². The summed E-state index contributed by atoms with van der Waals surface area (Å²) < 4.78 is 39.3. The van der Waals surface area contributed by atoms with Gasteiger partial charge in [0.25, 0.3) is 0 Å². The van der Waals surface area contributed by atoms with Crippen LogP contribution in [0, 0.1) is 0 Å². The van der Waals surface area contributed by atoms with Crippen LogP contribution >= 0.6 is 11.6 Å². The van der Waals surface area contributed by atoms with Crippen molar-refractivity contribution >= 4 is 40.1 Å². The number of rotatable bonds is 1. The van der Waals surface area contributed by atoms with Crippen LogP contribution < -0.4 is 4.90 Å². The van der Waals surface area contributed by atoms with E-state index in [4.69, 9.17) is 11.6 Å². The van der Waals surface area contributed by atoms with E-state index in [0.29, 0.717) is 22.3 Å². The quantitative estimate of drug-likeness (QED) is 0.620. The average Bonchev–Trinajstić information content (AvgIpc) is 2.61. The summed E-state index contributed by atoms with van der Waals surface area (Å²) in [5.74, 6) is 0. The van der Waals surface area contributed by atoms with Crippen LogP contribution in [0.4, 0.5) is 24.5 Å². The lowest BCUT2D eigenvalue weighted by atomic mass is 10.1. The monoisotopic (exact) mass is 377 g/mol. The number of anilines is 2. The minimum absolute atomic E-state index is 0.187. The Morgan fingerprint density at radius 2 is 1.96 bits per heavy atom. The molecule has 0 amide bonds. The Kier molecular flexibility index (Phi) is 3.86. The van der Waals surface area contributed by atoms with Crippen molar-refractivity contribution in [3.05, 3.63) is 65.0 Å². The average molecular weight is 378 g/mol. The fourth-order valence-electron chi connectivity index (χ4n) is 2.94. The fraction of sp³-hybridized carbons (Fsp3) is 0.111. The normalized spacial score (nSPS) is 16.8. The second-order valence-corrected chi connectivity index (χ2v) is 6.14. The molecule has 1 unspecified atom stereocenters. The van der Waals surface area contributed by atoms with Gasteiger partial charge in [-0.3, -0.25) is 4.98 Å². The molecule has 4 nitrogen and oxygen atoms in total. The molecule has 132 valence electrons. The molecule has 1 N–H and O–H groups in total. The molecule has 1 atom stereocenters. The number of alkyl halides is 3.